The highest BCUT2D eigenvalue weighted by Gasteiger charge is 2.02. The molecule has 0 unspecified atom stereocenters. The summed E-state index contributed by atoms with van der Waals surface area (Å²) in [6.45, 7) is 2.95. The topological polar surface area (TPSA) is 46.9 Å². The standard InChI is InChI=1S/C24H43N3O/c1-3-4-5-6-7-8-9-10-11-12-13-14-15-16-17-18-24(28)25-20-19-23-21-27(2)22-26-23/h10-11,21-22H,3-9,12-20H2,1-2H3,(H,25,28)/b11-10-. The van der Waals surface area contributed by atoms with Crippen molar-refractivity contribution < 1.29 is 4.79 Å². The van der Waals surface area contributed by atoms with Crippen LogP contribution >= 0.6 is 0 Å². The van der Waals surface area contributed by atoms with Crippen molar-refractivity contribution in [2.24, 2.45) is 7.05 Å². The predicted molar refractivity (Wildman–Crippen MR) is 119 cm³/mol. The van der Waals surface area contributed by atoms with Gasteiger partial charge in [0, 0.05) is 32.6 Å². The molecule has 0 bridgehead atoms. The molecule has 28 heavy (non-hydrogen) atoms. The molecule has 0 aliphatic heterocycles. The van der Waals surface area contributed by atoms with E-state index in [4.69, 9.17) is 0 Å². The molecular formula is C24H43N3O. The molecule has 0 aromatic carbocycles. The fourth-order valence-electron chi connectivity index (χ4n) is 3.37. The van der Waals surface area contributed by atoms with Crippen LogP contribution in [0.5, 0.6) is 0 Å². The molecule has 0 atom stereocenters. The van der Waals surface area contributed by atoms with Gasteiger partial charge in [0.2, 0.25) is 5.91 Å². The minimum atomic E-state index is 0.175. The minimum Gasteiger partial charge on any atom is -0.356 e. The zero-order valence-corrected chi connectivity index (χ0v) is 18.4. The smallest absolute Gasteiger partial charge is 0.220 e. The first kappa shape index (κ1) is 24.5. The quantitative estimate of drug-likeness (QED) is 0.243. The van der Waals surface area contributed by atoms with E-state index in [1.54, 1.807) is 6.33 Å². The Morgan fingerprint density at radius 2 is 1.57 bits per heavy atom. The summed E-state index contributed by atoms with van der Waals surface area (Å²) in [4.78, 5) is 16.1. The summed E-state index contributed by atoms with van der Waals surface area (Å²) in [5.41, 5.74) is 1.03. The van der Waals surface area contributed by atoms with Crippen molar-refractivity contribution in [2.45, 2.75) is 103 Å². The number of carbonyl (C=O) groups is 1. The number of aryl methyl sites for hydroxylation is 1. The van der Waals surface area contributed by atoms with E-state index in [-0.39, 0.29) is 5.91 Å². The molecule has 0 spiro atoms. The second kappa shape index (κ2) is 17.5. The summed E-state index contributed by atoms with van der Waals surface area (Å²) in [5.74, 6) is 0.175. The second-order valence-electron chi connectivity index (χ2n) is 7.96. The van der Waals surface area contributed by atoms with Crippen molar-refractivity contribution in [1.29, 1.82) is 0 Å². The van der Waals surface area contributed by atoms with Crippen molar-refractivity contribution >= 4 is 5.91 Å². The summed E-state index contributed by atoms with van der Waals surface area (Å²) in [6, 6.07) is 0. The van der Waals surface area contributed by atoms with Gasteiger partial charge in [-0.1, -0.05) is 70.4 Å². The van der Waals surface area contributed by atoms with Gasteiger partial charge in [0.1, 0.15) is 0 Å². The molecule has 0 saturated heterocycles. The van der Waals surface area contributed by atoms with Crippen LogP contribution in [0.15, 0.2) is 24.7 Å². The molecule has 1 aromatic rings. The van der Waals surface area contributed by atoms with Gasteiger partial charge in [0.25, 0.3) is 0 Å². The molecule has 1 rings (SSSR count). The van der Waals surface area contributed by atoms with Crippen LogP contribution in [0.2, 0.25) is 0 Å². The van der Waals surface area contributed by atoms with Crippen molar-refractivity contribution in [3.63, 3.8) is 0 Å². The number of rotatable bonds is 18. The minimum absolute atomic E-state index is 0.175. The van der Waals surface area contributed by atoms with E-state index in [2.05, 4.69) is 29.4 Å². The van der Waals surface area contributed by atoms with Gasteiger partial charge >= 0.3 is 0 Å². The lowest BCUT2D eigenvalue weighted by Crippen LogP contribution is -2.25. The second-order valence-corrected chi connectivity index (χ2v) is 7.96. The zero-order valence-electron chi connectivity index (χ0n) is 18.4. The first-order chi connectivity index (χ1) is 13.7. The zero-order chi connectivity index (χ0) is 20.3. The van der Waals surface area contributed by atoms with Crippen LogP contribution in [0.3, 0.4) is 0 Å². The molecule has 1 aromatic heterocycles. The first-order valence-corrected chi connectivity index (χ1v) is 11.6. The molecule has 0 aliphatic rings. The van der Waals surface area contributed by atoms with E-state index in [0.29, 0.717) is 13.0 Å². The largest absolute Gasteiger partial charge is 0.356 e. The molecule has 4 heteroatoms. The normalized spacial score (nSPS) is 11.4. The predicted octanol–water partition coefficient (Wildman–Crippen LogP) is 6.12. The summed E-state index contributed by atoms with van der Waals surface area (Å²) in [6.07, 6.45) is 26.7. The average molecular weight is 390 g/mol. The fourth-order valence-corrected chi connectivity index (χ4v) is 3.37. The van der Waals surface area contributed by atoms with Crippen LogP contribution in [0.25, 0.3) is 0 Å². The number of hydrogen-bond acceptors (Lipinski definition) is 2. The van der Waals surface area contributed by atoms with Gasteiger partial charge < -0.3 is 9.88 Å². The van der Waals surface area contributed by atoms with Crippen molar-refractivity contribution in [2.75, 3.05) is 6.54 Å². The molecule has 0 fully saturated rings. The Bertz CT molecular complexity index is 522. The van der Waals surface area contributed by atoms with Gasteiger partial charge in [-0.2, -0.15) is 0 Å². The first-order valence-electron chi connectivity index (χ1n) is 11.6. The summed E-state index contributed by atoms with van der Waals surface area (Å²) >= 11 is 0. The summed E-state index contributed by atoms with van der Waals surface area (Å²) in [7, 11) is 1.96. The van der Waals surface area contributed by atoms with Crippen molar-refractivity contribution in [3.05, 3.63) is 30.4 Å². The third kappa shape index (κ3) is 14.5. The lowest BCUT2D eigenvalue weighted by Gasteiger charge is -2.04. The average Bonchev–Trinajstić information content (AvgIpc) is 3.10. The number of nitrogens with one attached hydrogen (secondary N) is 1. The monoisotopic (exact) mass is 389 g/mol. The lowest BCUT2D eigenvalue weighted by molar-refractivity contribution is -0.121. The van der Waals surface area contributed by atoms with Gasteiger partial charge in [-0.3, -0.25) is 4.79 Å². The Morgan fingerprint density at radius 3 is 2.18 bits per heavy atom. The molecule has 1 N–H and O–H groups in total. The molecule has 1 amide bonds. The third-order valence-corrected chi connectivity index (χ3v) is 5.13. The van der Waals surface area contributed by atoms with E-state index in [9.17, 15) is 4.79 Å². The highest BCUT2D eigenvalue weighted by atomic mass is 16.1. The van der Waals surface area contributed by atoms with E-state index in [1.807, 2.05) is 17.8 Å². The molecule has 1 heterocycles. The van der Waals surface area contributed by atoms with Gasteiger partial charge in [0.15, 0.2) is 0 Å². The Labute approximate surface area is 173 Å². The van der Waals surface area contributed by atoms with Crippen molar-refractivity contribution in [1.82, 2.24) is 14.9 Å². The number of unbranched alkanes of at least 4 members (excludes halogenated alkanes) is 11. The Hall–Kier alpha value is -1.58. The summed E-state index contributed by atoms with van der Waals surface area (Å²) in [5, 5.41) is 2.99. The Balaban J connectivity index is 1.80. The Morgan fingerprint density at radius 1 is 0.964 bits per heavy atom. The molecule has 4 nitrogen and oxygen atoms in total. The number of carbonyl (C=O) groups excluding carboxylic acids is 1. The van der Waals surface area contributed by atoms with Crippen LogP contribution in [0.4, 0.5) is 0 Å². The van der Waals surface area contributed by atoms with Gasteiger partial charge in [-0.25, -0.2) is 4.98 Å². The van der Waals surface area contributed by atoms with E-state index < -0.39 is 0 Å². The molecule has 0 saturated carbocycles. The molecule has 0 radical (unpaired) electrons. The van der Waals surface area contributed by atoms with E-state index in [1.165, 1.54) is 70.6 Å². The lowest BCUT2D eigenvalue weighted by atomic mass is 10.1. The number of aromatic nitrogens is 2. The van der Waals surface area contributed by atoms with E-state index in [0.717, 1.165) is 25.0 Å². The number of allylic oxidation sites excluding steroid dienone is 2. The summed E-state index contributed by atoms with van der Waals surface area (Å²) < 4.78 is 1.93. The van der Waals surface area contributed by atoms with Crippen LogP contribution in [-0.2, 0) is 18.3 Å². The fraction of sp³-hybridized carbons (Fsp3) is 0.750. The van der Waals surface area contributed by atoms with Crippen LogP contribution in [-0.4, -0.2) is 22.0 Å². The number of hydrogen-bond donors (Lipinski definition) is 1. The van der Waals surface area contributed by atoms with Gasteiger partial charge in [-0.15, -0.1) is 0 Å². The van der Waals surface area contributed by atoms with E-state index >= 15 is 0 Å². The maximum atomic E-state index is 11.8. The van der Waals surface area contributed by atoms with Gasteiger partial charge in [0.05, 0.1) is 12.0 Å². The Kier molecular flexibility index (Phi) is 15.3. The van der Waals surface area contributed by atoms with Crippen LogP contribution in [0, 0.1) is 0 Å². The highest BCUT2D eigenvalue weighted by molar-refractivity contribution is 5.75. The van der Waals surface area contributed by atoms with Crippen molar-refractivity contribution in [3.8, 4) is 0 Å². The highest BCUT2D eigenvalue weighted by Crippen LogP contribution is 2.10. The van der Waals surface area contributed by atoms with Crippen LogP contribution < -0.4 is 5.32 Å². The SMILES string of the molecule is CCCCCCCC/C=C\CCCCCCCC(=O)NCCc1cn(C)cn1. The number of nitrogens with zero attached hydrogens (tertiary/aromatic N) is 2. The molecular weight excluding hydrogens is 346 g/mol. The maximum Gasteiger partial charge on any atom is 0.220 e. The maximum absolute atomic E-state index is 11.8. The van der Waals surface area contributed by atoms with Crippen LogP contribution in [0.1, 0.15) is 103 Å². The molecule has 160 valence electrons. The third-order valence-electron chi connectivity index (χ3n) is 5.13. The molecule has 0 aliphatic carbocycles. The number of amides is 1. The number of imidazole rings is 1. The van der Waals surface area contributed by atoms with Gasteiger partial charge in [-0.05, 0) is 32.1 Å².